The lowest BCUT2D eigenvalue weighted by Gasteiger charge is -2.17. The van der Waals surface area contributed by atoms with E-state index in [2.05, 4.69) is 0 Å². The second kappa shape index (κ2) is 5.21. The molecule has 0 aliphatic carbocycles. The molecule has 1 aromatic carbocycles. The van der Waals surface area contributed by atoms with Crippen LogP contribution >= 0.6 is 0 Å². The smallest absolute Gasteiger partial charge is 0.299 e. The SMILES string of the molecule is CN(CCO)c1ccc([N+](=O)[O-])cc1[N+](=O)[O-]. The van der Waals surface area contributed by atoms with Crippen LogP contribution in [-0.4, -0.2) is 35.2 Å². The van der Waals surface area contributed by atoms with E-state index in [1.807, 2.05) is 0 Å². The maximum Gasteiger partial charge on any atom is 0.299 e. The third kappa shape index (κ3) is 2.88. The van der Waals surface area contributed by atoms with Crippen molar-refractivity contribution in [2.75, 3.05) is 25.1 Å². The van der Waals surface area contributed by atoms with E-state index in [9.17, 15) is 20.2 Å². The Morgan fingerprint density at radius 2 is 1.94 bits per heavy atom. The lowest BCUT2D eigenvalue weighted by atomic mass is 10.2. The van der Waals surface area contributed by atoms with Crippen molar-refractivity contribution < 1.29 is 15.0 Å². The van der Waals surface area contributed by atoms with Crippen LogP contribution in [0.15, 0.2) is 18.2 Å². The Morgan fingerprint density at radius 1 is 1.29 bits per heavy atom. The number of aliphatic hydroxyl groups is 1. The second-order valence-corrected chi connectivity index (χ2v) is 3.33. The Morgan fingerprint density at radius 3 is 2.41 bits per heavy atom. The lowest BCUT2D eigenvalue weighted by Crippen LogP contribution is -2.22. The number of hydrogen-bond acceptors (Lipinski definition) is 6. The first kappa shape index (κ1) is 12.8. The van der Waals surface area contributed by atoms with Gasteiger partial charge in [-0.15, -0.1) is 0 Å². The average Bonchev–Trinajstić information content (AvgIpc) is 2.28. The monoisotopic (exact) mass is 241 g/mol. The Bertz CT molecular complexity index is 448. The van der Waals surface area contributed by atoms with E-state index in [0.29, 0.717) is 0 Å². The molecule has 0 amide bonds. The summed E-state index contributed by atoms with van der Waals surface area (Å²) in [5, 5.41) is 30.1. The van der Waals surface area contributed by atoms with Crippen LogP contribution < -0.4 is 4.90 Å². The standard InChI is InChI=1S/C9H11N3O5/c1-10(4-5-13)8-3-2-7(11(14)15)6-9(8)12(16)17/h2-3,6,13H,4-5H2,1H3. The quantitative estimate of drug-likeness (QED) is 0.606. The van der Waals surface area contributed by atoms with Gasteiger partial charge < -0.3 is 10.0 Å². The molecule has 0 atom stereocenters. The van der Waals surface area contributed by atoms with Crippen LogP contribution in [0.5, 0.6) is 0 Å². The van der Waals surface area contributed by atoms with Crippen LogP contribution in [-0.2, 0) is 0 Å². The van der Waals surface area contributed by atoms with Crippen molar-refractivity contribution in [1.29, 1.82) is 0 Å². The molecule has 0 fully saturated rings. The molecule has 0 spiro atoms. The van der Waals surface area contributed by atoms with E-state index in [0.717, 1.165) is 6.07 Å². The molecule has 0 saturated heterocycles. The van der Waals surface area contributed by atoms with Crippen LogP contribution in [0, 0.1) is 20.2 Å². The van der Waals surface area contributed by atoms with Gasteiger partial charge in [-0.1, -0.05) is 0 Å². The number of benzene rings is 1. The summed E-state index contributed by atoms with van der Waals surface area (Å²) < 4.78 is 0. The molecule has 0 aliphatic heterocycles. The summed E-state index contributed by atoms with van der Waals surface area (Å²) in [6.45, 7) is 0.0449. The number of aliphatic hydroxyl groups excluding tert-OH is 1. The highest BCUT2D eigenvalue weighted by molar-refractivity contribution is 5.66. The van der Waals surface area contributed by atoms with Crippen molar-refractivity contribution >= 4 is 17.1 Å². The molecule has 17 heavy (non-hydrogen) atoms. The van der Waals surface area contributed by atoms with Crippen LogP contribution in [0.4, 0.5) is 17.1 Å². The minimum absolute atomic E-state index is 0.162. The first-order valence-corrected chi connectivity index (χ1v) is 4.72. The second-order valence-electron chi connectivity index (χ2n) is 3.33. The molecule has 0 saturated carbocycles. The van der Waals surface area contributed by atoms with Crippen molar-refractivity contribution in [2.24, 2.45) is 0 Å². The van der Waals surface area contributed by atoms with Gasteiger partial charge in [0.25, 0.3) is 11.4 Å². The van der Waals surface area contributed by atoms with E-state index >= 15 is 0 Å². The number of likely N-dealkylation sites (N-methyl/N-ethyl adjacent to an activating group) is 1. The van der Waals surface area contributed by atoms with Crippen molar-refractivity contribution in [2.45, 2.75) is 0 Å². The third-order valence-electron chi connectivity index (χ3n) is 2.21. The fourth-order valence-electron chi connectivity index (χ4n) is 1.36. The fraction of sp³-hybridized carbons (Fsp3) is 0.333. The van der Waals surface area contributed by atoms with Gasteiger partial charge in [0.1, 0.15) is 5.69 Å². The zero-order valence-electron chi connectivity index (χ0n) is 9.07. The molecule has 0 radical (unpaired) electrons. The van der Waals surface area contributed by atoms with Crippen LogP contribution in [0.2, 0.25) is 0 Å². The van der Waals surface area contributed by atoms with Gasteiger partial charge in [-0.05, 0) is 6.07 Å². The van der Waals surface area contributed by atoms with Crippen molar-refractivity contribution in [3.05, 3.63) is 38.4 Å². The highest BCUT2D eigenvalue weighted by Gasteiger charge is 2.21. The Kier molecular flexibility index (Phi) is 3.94. The van der Waals surface area contributed by atoms with Crippen molar-refractivity contribution in [1.82, 2.24) is 0 Å². The van der Waals surface area contributed by atoms with Gasteiger partial charge in [-0.3, -0.25) is 20.2 Å². The fourth-order valence-corrected chi connectivity index (χ4v) is 1.36. The molecular weight excluding hydrogens is 230 g/mol. The average molecular weight is 241 g/mol. The summed E-state index contributed by atoms with van der Waals surface area (Å²) in [7, 11) is 1.56. The first-order chi connectivity index (χ1) is 7.97. The lowest BCUT2D eigenvalue weighted by molar-refractivity contribution is -0.393. The molecule has 1 rings (SSSR count). The molecule has 8 heteroatoms. The first-order valence-electron chi connectivity index (χ1n) is 4.72. The van der Waals surface area contributed by atoms with E-state index in [1.165, 1.54) is 17.0 Å². The summed E-state index contributed by atoms with van der Waals surface area (Å²) in [6.07, 6.45) is 0. The molecule has 0 heterocycles. The van der Waals surface area contributed by atoms with Crippen molar-refractivity contribution in [3.8, 4) is 0 Å². The molecule has 0 aromatic heterocycles. The van der Waals surface area contributed by atoms with Gasteiger partial charge in [0.15, 0.2) is 0 Å². The molecule has 0 bridgehead atoms. The Hall–Kier alpha value is -2.22. The molecule has 1 N–H and O–H groups in total. The van der Waals surface area contributed by atoms with Gasteiger partial charge in [0.2, 0.25) is 0 Å². The summed E-state index contributed by atoms with van der Waals surface area (Å²) in [5.41, 5.74) is -0.456. The summed E-state index contributed by atoms with van der Waals surface area (Å²) >= 11 is 0. The molecule has 8 nitrogen and oxygen atoms in total. The van der Waals surface area contributed by atoms with Crippen LogP contribution in [0.3, 0.4) is 0 Å². The van der Waals surface area contributed by atoms with E-state index in [1.54, 1.807) is 7.05 Å². The summed E-state index contributed by atoms with van der Waals surface area (Å²) in [6, 6.07) is 3.39. The van der Waals surface area contributed by atoms with E-state index in [-0.39, 0.29) is 30.2 Å². The van der Waals surface area contributed by atoms with Crippen LogP contribution in [0.1, 0.15) is 0 Å². The maximum atomic E-state index is 10.8. The van der Waals surface area contributed by atoms with Gasteiger partial charge in [0.05, 0.1) is 22.5 Å². The van der Waals surface area contributed by atoms with Crippen molar-refractivity contribution in [3.63, 3.8) is 0 Å². The molecule has 0 aliphatic rings. The zero-order chi connectivity index (χ0) is 13.0. The zero-order valence-corrected chi connectivity index (χ0v) is 9.07. The summed E-state index contributed by atoms with van der Waals surface area (Å²) in [5.74, 6) is 0. The molecule has 1 aromatic rings. The Balaban J connectivity index is 3.22. The van der Waals surface area contributed by atoms with Gasteiger partial charge in [-0.25, -0.2) is 0 Å². The number of nitro benzene ring substituents is 2. The Labute approximate surface area is 96.4 Å². The normalized spacial score (nSPS) is 10.0. The minimum Gasteiger partial charge on any atom is -0.395 e. The van der Waals surface area contributed by atoms with E-state index < -0.39 is 9.85 Å². The third-order valence-corrected chi connectivity index (χ3v) is 2.21. The highest BCUT2D eigenvalue weighted by atomic mass is 16.6. The number of nitro groups is 2. The summed E-state index contributed by atoms with van der Waals surface area (Å²) in [4.78, 5) is 21.4. The van der Waals surface area contributed by atoms with Crippen LogP contribution in [0.25, 0.3) is 0 Å². The van der Waals surface area contributed by atoms with Gasteiger partial charge >= 0.3 is 0 Å². The van der Waals surface area contributed by atoms with Gasteiger partial charge in [0, 0.05) is 19.7 Å². The predicted octanol–water partition coefficient (Wildman–Crippen LogP) is 0.931. The van der Waals surface area contributed by atoms with E-state index in [4.69, 9.17) is 5.11 Å². The highest BCUT2D eigenvalue weighted by Crippen LogP contribution is 2.30. The molecule has 92 valence electrons. The number of non-ortho nitro benzene ring substituents is 1. The molecular formula is C9H11N3O5. The topological polar surface area (TPSA) is 110 Å². The maximum absolute atomic E-state index is 10.8. The largest absolute Gasteiger partial charge is 0.395 e. The van der Waals surface area contributed by atoms with Gasteiger partial charge in [-0.2, -0.15) is 0 Å². The minimum atomic E-state index is -0.692. The number of nitrogens with zero attached hydrogens (tertiary/aromatic N) is 3. The molecule has 0 unspecified atom stereocenters. The predicted molar refractivity (Wildman–Crippen MR) is 60.1 cm³/mol. The number of hydrogen-bond donors (Lipinski definition) is 1. The number of anilines is 1. The number of rotatable bonds is 5.